The summed E-state index contributed by atoms with van der Waals surface area (Å²) in [5.41, 5.74) is 1.92. The van der Waals surface area contributed by atoms with Gasteiger partial charge in [0, 0.05) is 6.04 Å². The predicted octanol–water partition coefficient (Wildman–Crippen LogP) is 3.11. The third-order valence-electron chi connectivity index (χ3n) is 4.00. The van der Waals surface area contributed by atoms with E-state index in [9.17, 15) is 0 Å². The van der Waals surface area contributed by atoms with Gasteiger partial charge in [0.05, 0.1) is 0 Å². The van der Waals surface area contributed by atoms with Crippen molar-refractivity contribution in [3.05, 3.63) is 71.8 Å². The van der Waals surface area contributed by atoms with Crippen LogP contribution in [0, 0.1) is 5.92 Å². The zero-order chi connectivity index (χ0) is 14.0. The fraction of sp³-hybridized carbons (Fsp3) is 0.294. The van der Waals surface area contributed by atoms with Crippen LogP contribution in [0.25, 0.3) is 0 Å². The van der Waals surface area contributed by atoms with Gasteiger partial charge in [0.15, 0.2) is 0 Å². The van der Waals surface area contributed by atoms with Gasteiger partial charge in [0.25, 0.3) is 0 Å². The first-order valence-corrected chi connectivity index (χ1v) is 7.12. The van der Waals surface area contributed by atoms with Crippen molar-refractivity contribution in [1.82, 2.24) is 5.23 Å². The maximum absolute atomic E-state index is 6.15. The Kier molecular flexibility index (Phi) is 3.64. The van der Waals surface area contributed by atoms with Gasteiger partial charge in [0.2, 0.25) is 0 Å². The topological polar surface area (TPSA) is 21.3 Å². The van der Waals surface area contributed by atoms with Crippen LogP contribution >= 0.6 is 0 Å². The van der Waals surface area contributed by atoms with E-state index >= 15 is 0 Å². The van der Waals surface area contributed by atoms with Crippen molar-refractivity contribution in [1.29, 1.82) is 0 Å². The fourth-order valence-electron chi connectivity index (χ4n) is 3.09. The highest BCUT2D eigenvalue weighted by molar-refractivity contribution is 6.25. The maximum atomic E-state index is 6.15. The van der Waals surface area contributed by atoms with Crippen molar-refractivity contribution in [2.24, 2.45) is 5.92 Å². The minimum atomic E-state index is -0.448. The van der Waals surface area contributed by atoms with Gasteiger partial charge >= 0.3 is 7.62 Å². The zero-order valence-corrected chi connectivity index (χ0v) is 11.9. The van der Waals surface area contributed by atoms with Gasteiger partial charge in [-0.1, -0.05) is 74.5 Å². The minimum Gasteiger partial charge on any atom is -0.409 e. The molecule has 1 aliphatic heterocycles. The number of benzene rings is 2. The van der Waals surface area contributed by atoms with E-state index in [0.717, 1.165) is 0 Å². The van der Waals surface area contributed by atoms with Crippen LogP contribution in [0.1, 0.15) is 25.0 Å². The van der Waals surface area contributed by atoms with Crippen molar-refractivity contribution >= 4 is 7.62 Å². The van der Waals surface area contributed by atoms with Crippen molar-refractivity contribution in [3.63, 3.8) is 0 Å². The molecular formula is C17H19BNO. The Labute approximate surface area is 121 Å². The van der Waals surface area contributed by atoms with Crippen LogP contribution < -0.4 is 5.23 Å². The molecule has 1 N–H and O–H groups in total. The number of hydrogen-bond acceptors (Lipinski definition) is 2. The summed E-state index contributed by atoms with van der Waals surface area (Å²) in [6.07, 6.45) is 0. The van der Waals surface area contributed by atoms with Crippen molar-refractivity contribution in [2.75, 3.05) is 0 Å². The van der Waals surface area contributed by atoms with E-state index in [2.05, 4.69) is 67.6 Å². The minimum absolute atomic E-state index is 0.215. The first kappa shape index (κ1) is 13.4. The molecule has 0 amide bonds. The summed E-state index contributed by atoms with van der Waals surface area (Å²) in [4.78, 5) is 0. The second kappa shape index (κ2) is 5.43. The molecule has 1 fully saturated rings. The van der Waals surface area contributed by atoms with Crippen LogP contribution in [0.3, 0.4) is 0 Å². The van der Waals surface area contributed by atoms with Crippen molar-refractivity contribution in [2.45, 2.75) is 25.5 Å². The summed E-state index contributed by atoms with van der Waals surface area (Å²) in [7, 11) is 1.74. The molecule has 3 heteroatoms. The second-order valence-electron chi connectivity index (χ2n) is 5.59. The average molecular weight is 264 g/mol. The Morgan fingerprint density at radius 3 is 1.90 bits per heavy atom. The van der Waals surface area contributed by atoms with Crippen LogP contribution in [-0.2, 0) is 10.3 Å². The summed E-state index contributed by atoms with van der Waals surface area (Å²) < 4.78 is 6.15. The Morgan fingerprint density at radius 2 is 1.45 bits per heavy atom. The average Bonchev–Trinajstić information content (AvgIpc) is 2.95. The molecule has 0 aromatic heterocycles. The van der Waals surface area contributed by atoms with Crippen LogP contribution in [0.5, 0.6) is 0 Å². The molecule has 1 atom stereocenters. The van der Waals surface area contributed by atoms with E-state index in [4.69, 9.17) is 4.65 Å². The van der Waals surface area contributed by atoms with E-state index in [1.807, 2.05) is 12.1 Å². The molecule has 0 spiro atoms. The standard InChI is InChI=1S/C17H19BNO/c1-13(2)16-17(20-18-19-16,14-9-5-3-6-10-14)15-11-7-4-8-12-15/h3-13,16,19H,1-2H3/t16-/m0/s1. The van der Waals surface area contributed by atoms with Crippen LogP contribution in [0.15, 0.2) is 60.7 Å². The molecule has 0 aliphatic carbocycles. The molecule has 1 aliphatic rings. The Balaban J connectivity index is 2.18. The van der Waals surface area contributed by atoms with Gasteiger partial charge in [-0.2, -0.15) is 0 Å². The summed E-state index contributed by atoms with van der Waals surface area (Å²) in [6.45, 7) is 4.45. The van der Waals surface area contributed by atoms with Gasteiger partial charge in [-0.25, -0.2) is 0 Å². The monoisotopic (exact) mass is 264 g/mol. The molecule has 2 aromatic rings. The molecule has 3 rings (SSSR count). The molecule has 1 heterocycles. The van der Waals surface area contributed by atoms with Crippen molar-refractivity contribution < 1.29 is 4.65 Å². The predicted molar refractivity (Wildman–Crippen MR) is 82.3 cm³/mol. The highest BCUT2D eigenvalue weighted by atomic mass is 16.5. The summed E-state index contributed by atoms with van der Waals surface area (Å²) in [5.74, 6) is 0.453. The number of hydrogen-bond donors (Lipinski definition) is 1. The van der Waals surface area contributed by atoms with Gasteiger partial charge in [-0.15, -0.1) is 0 Å². The third-order valence-corrected chi connectivity index (χ3v) is 4.00. The van der Waals surface area contributed by atoms with E-state index in [1.54, 1.807) is 7.62 Å². The molecule has 0 bridgehead atoms. The lowest BCUT2D eigenvalue weighted by Gasteiger charge is -2.38. The van der Waals surface area contributed by atoms with E-state index in [0.29, 0.717) is 5.92 Å². The largest absolute Gasteiger partial charge is 0.409 e. The Bertz CT molecular complexity index is 516. The second-order valence-corrected chi connectivity index (χ2v) is 5.59. The molecule has 2 nitrogen and oxygen atoms in total. The zero-order valence-electron chi connectivity index (χ0n) is 11.9. The lowest BCUT2D eigenvalue weighted by Crippen LogP contribution is -2.45. The lowest BCUT2D eigenvalue weighted by molar-refractivity contribution is 0.0991. The molecule has 0 saturated carbocycles. The fourth-order valence-corrected chi connectivity index (χ4v) is 3.09. The first-order chi connectivity index (χ1) is 9.75. The molecule has 0 unspecified atom stereocenters. The third kappa shape index (κ3) is 2.07. The number of nitrogens with one attached hydrogen (secondary N) is 1. The van der Waals surface area contributed by atoms with Gasteiger partial charge in [0.1, 0.15) is 5.60 Å². The van der Waals surface area contributed by atoms with Crippen LogP contribution in [-0.4, -0.2) is 13.7 Å². The lowest BCUT2D eigenvalue weighted by atomic mass is 9.76. The number of rotatable bonds is 3. The smallest absolute Gasteiger partial charge is 0.397 e. The molecule has 2 aromatic carbocycles. The molecule has 101 valence electrons. The maximum Gasteiger partial charge on any atom is 0.397 e. The normalized spacial score (nSPS) is 20.9. The van der Waals surface area contributed by atoms with E-state index in [1.165, 1.54) is 11.1 Å². The SMILES string of the molecule is CC(C)[C@@H]1N[B]OC1(c1ccccc1)c1ccccc1. The quantitative estimate of drug-likeness (QED) is 0.860. The van der Waals surface area contributed by atoms with E-state index in [-0.39, 0.29) is 6.04 Å². The summed E-state index contributed by atoms with van der Waals surface area (Å²) in [5, 5.41) is 3.40. The first-order valence-electron chi connectivity index (χ1n) is 7.12. The van der Waals surface area contributed by atoms with Crippen molar-refractivity contribution in [3.8, 4) is 0 Å². The highest BCUT2D eigenvalue weighted by Gasteiger charge is 2.48. The van der Waals surface area contributed by atoms with Gasteiger partial charge in [-0.05, 0) is 17.0 Å². The van der Waals surface area contributed by atoms with Crippen LogP contribution in [0.2, 0.25) is 0 Å². The molecule has 1 saturated heterocycles. The van der Waals surface area contributed by atoms with E-state index < -0.39 is 5.60 Å². The molecule has 1 radical (unpaired) electrons. The molecule has 20 heavy (non-hydrogen) atoms. The highest BCUT2D eigenvalue weighted by Crippen LogP contribution is 2.41. The van der Waals surface area contributed by atoms with Gasteiger partial charge in [-0.3, -0.25) is 0 Å². The molecular weight excluding hydrogens is 245 g/mol. The Morgan fingerprint density at radius 1 is 0.950 bits per heavy atom. The summed E-state index contributed by atoms with van der Waals surface area (Å²) >= 11 is 0. The Hall–Kier alpha value is -1.58. The van der Waals surface area contributed by atoms with Gasteiger partial charge < -0.3 is 9.88 Å². The summed E-state index contributed by atoms with van der Waals surface area (Å²) in [6, 6.07) is 21.1. The van der Waals surface area contributed by atoms with Crippen LogP contribution in [0.4, 0.5) is 0 Å².